The monoisotopic (exact) mass is 513 g/mol. The maximum Gasteiger partial charge on any atom is 0.257 e. The van der Waals surface area contributed by atoms with E-state index in [0.29, 0.717) is 13.2 Å². The molecule has 4 aromatic rings. The van der Waals surface area contributed by atoms with Gasteiger partial charge in [-0.25, -0.2) is 4.98 Å². The first-order valence-electron chi connectivity index (χ1n) is 13.5. The number of benzene rings is 3. The Morgan fingerprint density at radius 3 is 2.26 bits per heavy atom. The minimum absolute atomic E-state index is 0.0208. The van der Waals surface area contributed by atoms with Crippen LogP contribution < -0.4 is 14.8 Å². The molecule has 0 fully saturated rings. The molecule has 200 valence electrons. The van der Waals surface area contributed by atoms with Gasteiger partial charge in [0.15, 0.2) is 6.61 Å². The van der Waals surface area contributed by atoms with Crippen molar-refractivity contribution < 1.29 is 14.3 Å². The van der Waals surface area contributed by atoms with Crippen LogP contribution in [-0.2, 0) is 17.8 Å². The maximum absolute atomic E-state index is 12.3. The highest BCUT2D eigenvalue weighted by Gasteiger charge is 2.11. The predicted molar refractivity (Wildman–Crippen MR) is 153 cm³/mol. The summed E-state index contributed by atoms with van der Waals surface area (Å²) in [6.07, 6.45) is 3.58. The summed E-state index contributed by atoms with van der Waals surface area (Å²) in [5, 5.41) is 2.98. The topological polar surface area (TPSA) is 65.4 Å². The van der Waals surface area contributed by atoms with Crippen LogP contribution in [0, 0.1) is 27.7 Å². The molecule has 0 spiro atoms. The van der Waals surface area contributed by atoms with E-state index in [-0.39, 0.29) is 12.5 Å². The lowest BCUT2D eigenvalue weighted by Gasteiger charge is -2.12. The van der Waals surface area contributed by atoms with Gasteiger partial charge in [0, 0.05) is 19.5 Å². The third-order valence-electron chi connectivity index (χ3n) is 6.71. The molecule has 6 heteroatoms. The quantitative estimate of drug-likeness (QED) is 0.214. The van der Waals surface area contributed by atoms with E-state index in [0.717, 1.165) is 71.7 Å². The molecule has 0 aliphatic carbocycles. The second-order valence-corrected chi connectivity index (χ2v) is 10.0. The predicted octanol–water partition coefficient (Wildman–Crippen LogP) is 6.26. The van der Waals surface area contributed by atoms with Crippen molar-refractivity contribution in [3.8, 4) is 11.5 Å². The highest BCUT2D eigenvalue weighted by molar-refractivity contribution is 5.77. The summed E-state index contributed by atoms with van der Waals surface area (Å²) in [5.74, 6) is 2.68. The molecule has 0 radical (unpaired) electrons. The summed E-state index contributed by atoms with van der Waals surface area (Å²) in [6.45, 7) is 10.4. The number of amides is 1. The van der Waals surface area contributed by atoms with Gasteiger partial charge in [-0.15, -0.1) is 0 Å². The lowest BCUT2D eigenvalue weighted by molar-refractivity contribution is -0.123. The second kappa shape index (κ2) is 13.1. The average Bonchev–Trinajstić information content (AvgIpc) is 3.26. The molecule has 38 heavy (non-hydrogen) atoms. The van der Waals surface area contributed by atoms with E-state index in [1.54, 1.807) is 0 Å². The van der Waals surface area contributed by atoms with E-state index in [2.05, 4.69) is 60.1 Å². The zero-order valence-corrected chi connectivity index (χ0v) is 23.0. The van der Waals surface area contributed by atoms with E-state index in [9.17, 15) is 4.79 Å². The third kappa shape index (κ3) is 7.37. The molecule has 1 N–H and O–H groups in total. The number of carbonyl (C=O) groups is 1. The maximum atomic E-state index is 12.3. The number of hydrogen-bond acceptors (Lipinski definition) is 4. The minimum Gasteiger partial charge on any atom is -0.493 e. The van der Waals surface area contributed by atoms with Crippen LogP contribution in [0.25, 0.3) is 11.0 Å². The fourth-order valence-corrected chi connectivity index (χ4v) is 4.51. The Labute approximate surface area is 226 Å². The number of fused-ring (bicyclic) bond motifs is 1. The van der Waals surface area contributed by atoms with E-state index >= 15 is 0 Å². The number of para-hydroxylation sites is 2. The molecule has 1 amide bonds. The van der Waals surface area contributed by atoms with Crippen molar-refractivity contribution in [3.63, 3.8) is 0 Å². The van der Waals surface area contributed by atoms with Crippen LogP contribution in [0.3, 0.4) is 0 Å². The van der Waals surface area contributed by atoms with Crippen molar-refractivity contribution in [3.05, 3.63) is 88.7 Å². The van der Waals surface area contributed by atoms with Gasteiger partial charge in [0.05, 0.1) is 17.6 Å². The Kier molecular flexibility index (Phi) is 9.41. The van der Waals surface area contributed by atoms with Gasteiger partial charge in [-0.1, -0.05) is 36.4 Å². The van der Waals surface area contributed by atoms with Gasteiger partial charge >= 0.3 is 0 Å². The Bertz CT molecular complexity index is 1380. The SMILES string of the molecule is Cc1ccc(C)c(OCCCCn2c(CCCNC(=O)COc3cc(C)ccc3C)nc3ccccc32)c1. The number of aromatic nitrogens is 2. The molecular formula is C32H39N3O3. The second-order valence-electron chi connectivity index (χ2n) is 10.0. The van der Waals surface area contributed by atoms with E-state index in [1.807, 2.05) is 38.1 Å². The van der Waals surface area contributed by atoms with Crippen molar-refractivity contribution in [1.29, 1.82) is 0 Å². The van der Waals surface area contributed by atoms with Crippen LogP contribution in [0.1, 0.15) is 47.3 Å². The first-order chi connectivity index (χ1) is 18.4. The number of aryl methyl sites for hydroxylation is 6. The molecule has 0 bridgehead atoms. The van der Waals surface area contributed by atoms with Crippen molar-refractivity contribution in [1.82, 2.24) is 14.9 Å². The van der Waals surface area contributed by atoms with Crippen molar-refractivity contribution in [2.45, 2.75) is 59.9 Å². The number of hydrogen-bond donors (Lipinski definition) is 1. The standard InChI is InChI=1S/C32H39N3O3/c1-23-13-15-25(3)29(20-23)37-19-8-7-18-35-28-11-6-5-10-27(28)34-31(35)12-9-17-33-32(36)22-38-30-21-24(2)14-16-26(30)4/h5-6,10-11,13-16,20-21H,7-9,12,17-19,22H2,1-4H3,(H,33,36). The lowest BCUT2D eigenvalue weighted by Crippen LogP contribution is -2.30. The highest BCUT2D eigenvalue weighted by atomic mass is 16.5. The Hall–Kier alpha value is -3.80. The van der Waals surface area contributed by atoms with Gasteiger partial charge in [-0.05, 0) is 93.5 Å². The van der Waals surface area contributed by atoms with Gasteiger partial charge in [0.2, 0.25) is 0 Å². The molecule has 0 aliphatic heterocycles. The number of carbonyl (C=O) groups excluding carboxylic acids is 1. The van der Waals surface area contributed by atoms with Crippen molar-refractivity contribution in [2.24, 2.45) is 0 Å². The number of rotatable bonds is 13. The molecule has 0 unspecified atom stereocenters. The van der Waals surface area contributed by atoms with Gasteiger partial charge in [0.1, 0.15) is 17.3 Å². The number of nitrogens with one attached hydrogen (secondary N) is 1. The highest BCUT2D eigenvalue weighted by Crippen LogP contribution is 2.21. The minimum atomic E-state index is -0.108. The van der Waals surface area contributed by atoms with Crippen LogP contribution >= 0.6 is 0 Å². The smallest absolute Gasteiger partial charge is 0.257 e. The molecular weight excluding hydrogens is 474 g/mol. The molecule has 4 rings (SSSR count). The Balaban J connectivity index is 1.24. The summed E-state index contributed by atoms with van der Waals surface area (Å²) in [5.41, 5.74) is 6.69. The number of unbranched alkanes of at least 4 members (excludes halogenated alkanes) is 1. The summed E-state index contributed by atoms with van der Waals surface area (Å²) in [7, 11) is 0. The van der Waals surface area contributed by atoms with Gasteiger partial charge in [0.25, 0.3) is 5.91 Å². The first-order valence-corrected chi connectivity index (χ1v) is 13.5. The number of nitrogens with zero attached hydrogens (tertiary/aromatic N) is 2. The van der Waals surface area contributed by atoms with Crippen LogP contribution in [0.4, 0.5) is 0 Å². The summed E-state index contributed by atoms with van der Waals surface area (Å²) >= 11 is 0. The van der Waals surface area contributed by atoms with Crippen molar-refractivity contribution in [2.75, 3.05) is 19.8 Å². The van der Waals surface area contributed by atoms with Crippen LogP contribution in [0.5, 0.6) is 11.5 Å². The normalized spacial score (nSPS) is 11.1. The summed E-state index contributed by atoms with van der Waals surface area (Å²) in [6, 6.07) is 20.6. The van der Waals surface area contributed by atoms with E-state index in [1.165, 1.54) is 11.1 Å². The fourth-order valence-electron chi connectivity index (χ4n) is 4.51. The number of ether oxygens (including phenoxy) is 2. The number of imidazole rings is 1. The average molecular weight is 514 g/mol. The lowest BCUT2D eigenvalue weighted by atomic mass is 10.1. The molecule has 0 aliphatic rings. The van der Waals surface area contributed by atoms with Crippen LogP contribution in [0.2, 0.25) is 0 Å². The van der Waals surface area contributed by atoms with E-state index in [4.69, 9.17) is 14.5 Å². The molecule has 0 atom stereocenters. The molecule has 0 saturated heterocycles. The zero-order valence-electron chi connectivity index (χ0n) is 23.0. The van der Waals surface area contributed by atoms with E-state index < -0.39 is 0 Å². The summed E-state index contributed by atoms with van der Waals surface area (Å²) < 4.78 is 14.1. The molecule has 6 nitrogen and oxygen atoms in total. The summed E-state index contributed by atoms with van der Waals surface area (Å²) in [4.78, 5) is 17.2. The van der Waals surface area contributed by atoms with Gasteiger partial charge < -0.3 is 19.4 Å². The Morgan fingerprint density at radius 1 is 0.842 bits per heavy atom. The molecule has 0 saturated carbocycles. The van der Waals surface area contributed by atoms with Gasteiger partial charge in [-0.3, -0.25) is 4.79 Å². The Morgan fingerprint density at radius 2 is 1.53 bits per heavy atom. The largest absolute Gasteiger partial charge is 0.493 e. The van der Waals surface area contributed by atoms with Crippen LogP contribution in [0.15, 0.2) is 60.7 Å². The molecule has 1 aromatic heterocycles. The molecule has 1 heterocycles. The zero-order chi connectivity index (χ0) is 26.9. The third-order valence-corrected chi connectivity index (χ3v) is 6.71. The van der Waals surface area contributed by atoms with Crippen LogP contribution in [-0.4, -0.2) is 35.2 Å². The van der Waals surface area contributed by atoms with Gasteiger partial charge in [-0.2, -0.15) is 0 Å². The van der Waals surface area contributed by atoms with Crippen molar-refractivity contribution >= 4 is 16.9 Å². The fraction of sp³-hybridized carbons (Fsp3) is 0.375. The molecule has 3 aromatic carbocycles. The first kappa shape index (κ1) is 27.2.